The number of nitrogens with zero attached hydrogens (tertiary/aromatic N) is 2. The number of hydrogen-bond donors (Lipinski definition) is 1. The van der Waals surface area contributed by atoms with Crippen LogP contribution >= 0.6 is 11.3 Å². The molecule has 2 aromatic heterocycles. The van der Waals surface area contributed by atoms with Gasteiger partial charge in [-0.25, -0.2) is 4.98 Å². The smallest absolute Gasteiger partial charge is 0.193 e. The van der Waals surface area contributed by atoms with Crippen molar-refractivity contribution in [2.45, 2.75) is 6.54 Å². The van der Waals surface area contributed by atoms with Crippen molar-refractivity contribution in [2.75, 3.05) is 18.6 Å². The van der Waals surface area contributed by atoms with Crippen molar-refractivity contribution in [3.05, 3.63) is 23.5 Å². The van der Waals surface area contributed by atoms with Crippen molar-refractivity contribution in [3.8, 4) is 0 Å². The number of imidazole rings is 1. The molecule has 0 aliphatic heterocycles. The highest BCUT2D eigenvalue weighted by Gasteiger charge is 2.01. The lowest BCUT2D eigenvalue weighted by atomic mass is 10.5. The molecule has 0 aliphatic carbocycles. The highest BCUT2D eigenvalue weighted by atomic mass is 32.2. The normalized spacial score (nSPS) is 13.4. The van der Waals surface area contributed by atoms with E-state index in [-0.39, 0.29) is 0 Å². The van der Waals surface area contributed by atoms with Crippen LogP contribution in [0.25, 0.3) is 4.96 Å². The Hall–Kier alpha value is -0.720. The Morgan fingerprint density at radius 1 is 1.67 bits per heavy atom. The minimum atomic E-state index is -0.716. The highest BCUT2D eigenvalue weighted by molar-refractivity contribution is 7.84. The molecule has 0 amide bonds. The van der Waals surface area contributed by atoms with Gasteiger partial charge in [0.15, 0.2) is 4.96 Å². The Morgan fingerprint density at radius 3 is 3.27 bits per heavy atom. The van der Waals surface area contributed by atoms with Gasteiger partial charge in [0, 0.05) is 53.7 Å². The maximum absolute atomic E-state index is 10.8. The lowest BCUT2D eigenvalue weighted by Crippen LogP contribution is -2.19. The van der Waals surface area contributed by atoms with Crippen molar-refractivity contribution in [1.29, 1.82) is 0 Å². The molecule has 0 fully saturated rings. The predicted octanol–water partition coefficient (Wildman–Crippen LogP) is 0.864. The molecule has 1 N–H and O–H groups in total. The van der Waals surface area contributed by atoms with E-state index in [0.717, 1.165) is 23.7 Å². The standard InChI is InChI=1S/C9H13N3OS2/c1-15(13)5-2-10-6-8-7-12-3-4-14-9(12)11-8/h3-4,7,10H,2,5-6H2,1H3. The van der Waals surface area contributed by atoms with Gasteiger partial charge in [0.1, 0.15) is 0 Å². The Kier molecular flexibility index (Phi) is 3.50. The van der Waals surface area contributed by atoms with Gasteiger partial charge in [0.25, 0.3) is 0 Å². The van der Waals surface area contributed by atoms with Crippen molar-refractivity contribution in [1.82, 2.24) is 14.7 Å². The molecular weight excluding hydrogens is 230 g/mol. The molecule has 1 unspecified atom stereocenters. The summed E-state index contributed by atoms with van der Waals surface area (Å²) in [6.45, 7) is 1.51. The minimum Gasteiger partial charge on any atom is -0.310 e. The summed E-state index contributed by atoms with van der Waals surface area (Å²) in [6, 6.07) is 0. The lowest BCUT2D eigenvalue weighted by molar-refractivity contribution is 0.674. The van der Waals surface area contributed by atoms with Crippen molar-refractivity contribution in [3.63, 3.8) is 0 Å². The van der Waals surface area contributed by atoms with E-state index >= 15 is 0 Å². The lowest BCUT2D eigenvalue weighted by Gasteiger charge is -1.99. The average molecular weight is 243 g/mol. The van der Waals surface area contributed by atoms with Gasteiger partial charge in [-0.15, -0.1) is 11.3 Å². The third kappa shape index (κ3) is 2.87. The van der Waals surface area contributed by atoms with Crippen LogP contribution in [0, 0.1) is 0 Å². The summed E-state index contributed by atoms with van der Waals surface area (Å²) < 4.78 is 12.8. The van der Waals surface area contributed by atoms with Gasteiger partial charge in [-0.05, 0) is 0 Å². The van der Waals surface area contributed by atoms with Gasteiger partial charge in [-0.2, -0.15) is 0 Å². The van der Waals surface area contributed by atoms with Crippen molar-refractivity contribution >= 4 is 27.1 Å². The second kappa shape index (κ2) is 4.87. The first-order valence-electron chi connectivity index (χ1n) is 4.67. The summed E-state index contributed by atoms with van der Waals surface area (Å²) in [5.41, 5.74) is 1.03. The number of nitrogens with one attached hydrogen (secondary N) is 1. The molecule has 6 heteroatoms. The van der Waals surface area contributed by atoms with Gasteiger partial charge in [-0.3, -0.25) is 8.61 Å². The SMILES string of the molecule is CS(=O)CCNCc1cn2ccsc2n1. The van der Waals surface area contributed by atoms with Crippen LogP contribution in [-0.2, 0) is 17.3 Å². The second-order valence-corrected chi connectivity index (χ2v) is 5.71. The van der Waals surface area contributed by atoms with Gasteiger partial charge < -0.3 is 5.32 Å². The predicted molar refractivity (Wildman–Crippen MR) is 63.7 cm³/mol. The van der Waals surface area contributed by atoms with E-state index in [1.54, 1.807) is 17.6 Å². The molecule has 0 aromatic carbocycles. The fraction of sp³-hybridized carbons (Fsp3) is 0.444. The van der Waals surface area contributed by atoms with Crippen LogP contribution in [0.15, 0.2) is 17.8 Å². The topological polar surface area (TPSA) is 46.4 Å². The first kappa shape index (κ1) is 10.8. The summed E-state index contributed by atoms with van der Waals surface area (Å²) in [4.78, 5) is 5.45. The molecule has 0 saturated heterocycles. The van der Waals surface area contributed by atoms with Crippen LogP contribution in [0.1, 0.15) is 5.69 Å². The monoisotopic (exact) mass is 243 g/mol. The molecular formula is C9H13N3OS2. The minimum absolute atomic E-state index is 0.697. The average Bonchev–Trinajstić information content (AvgIpc) is 2.71. The first-order valence-corrected chi connectivity index (χ1v) is 7.28. The molecule has 4 nitrogen and oxygen atoms in total. The summed E-state index contributed by atoms with van der Waals surface area (Å²) in [5.74, 6) is 0.697. The van der Waals surface area contributed by atoms with Crippen LogP contribution in [0.5, 0.6) is 0 Å². The van der Waals surface area contributed by atoms with E-state index in [4.69, 9.17) is 0 Å². The van der Waals surface area contributed by atoms with Crippen LogP contribution < -0.4 is 5.32 Å². The summed E-state index contributed by atoms with van der Waals surface area (Å²) in [7, 11) is -0.716. The largest absolute Gasteiger partial charge is 0.310 e. The Morgan fingerprint density at radius 2 is 2.53 bits per heavy atom. The fourth-order valence-corrected chi connectivity index (χ4v) is 2.44. The third-order valence-electron chi connectivity index (χ3n) is 2.02. The zero-order valence-electron chi connectivity index (χ0n) is 8.47. The van der Waals surface area contributed by atoms with E-state index in [2.05, 4.69) is 10.3 Å². The summed E-state index contributed by atoms with van der Waals surface area (Å²) >= 11 is 1.63. The Labute approximate surface area is 94.8 Å². The van der Waals surface area contributed by atoms with Crippen molar-refractivity contribution in [2.24, 2.45) is 0 Å². The van der Waals surface area contributed by atoms with E-state index in [0.29, 0.717) is 5.75 Å². The van der Waals surface area contributed by atoms with Crippen LogP contribution in [0.2, 0.25) is 0 Å². The quantitative estimate of drug-likeness (QED) is 0.792. The molecule has 1 atom stereocenters. The number of aromatic nitrogens is 2. The van der Waals surface area contributed by atoms with Crippen LogP contribution in [-0.4, -0.2) is 32.1 Å². The molecule has 0 spiro atoms. The van der Waals surface area contributed by atoms with E-state index < -0.39 is 10.8 Å². The number of hydrogen-bond acceptors (Lipinski definition) is 4. The molecule has 0 aliphatic rings. The summed E-state index contributed by atoms with van der Waals surface area (Å²) in [5, 5.41) is 5.23. The Balaban J connectivity index is 1.84. The fourth-order valence-electron chi connectivity index (χ4n) is 1.29. The maximum Gasteiger partial charge on any atom is 0.193 e. The molecule has 2 heterocycles. The Bertz CT molecular complexity index is 434. The van der Waals surface area contributed by atoms with Crippen LogP contribution in [0.3, 0.4) is 0 Å². The van der Waals surface area contributed by atoms with Crippen molar-refractivity contribution < 1.29 is 4.21 Å². The molecule has 82 valence electrons. The summed E-state index contributed by atoms with van der Waals surface area (Å²) in [6.07, 6.45) is 5.73. The number of fused-ring (bicyclic) bond motifs is 1. The van der Waals surface area contributed by atoms with Crippen LogP contribution in [0.4, 0.5) is 0 Å². The van der Waals surface area contributed by atoms with Gasteiger partial charge >= 0.3 is 0 Å². The molecule has 0 bridgehead atoms. The molecule has 2 aromatic rings. The maximum atomic E-state index is 10.8. The number of thiazole rings is 1. The second-order valence-electron chi connectivity index (χ2n) is 3.28. The number of rotatable bonds is 5. The van der Waals surface area contributed by atoms with Gasteiger partial charge in [0.2, 0.25) is 0 Å². The molecule has 2 rings (SSSR count). The third-order valence-corrected chi connectivity index (χ3v) is 3.57. The van der Waals surface area contributed by atoms with Gasteiger partial charge in [-0.1, -0.05) is 0 Å². The van der Waals surface area contributed by atoms with Gasteiger partial charge in [0.05, 0.1) is 5.69 Å². The zero-order chi connectivity index (χ0) is 10.7. The van der Waals surface area contributed by atoms with E-state index in [1.165, 1.54) is 0 Å². The first-order chi connectivity index (χ1) is 7.25. The molecule has 0 radical (unpaired) electrons. The molecule has 0 saturated carbocycles. The van der Waals surface area contributed by atoms with E-state index in [9.17, 15) is 4.21 Å². The van der Waals surface area contributed by atoms with E-state index in [1.807, 2.05) is 22.2 Å². The molecule has 15 heavy (non-hydrogen) atoms. The highest BCUT2D eigenvalue weighted by Crippen LogP contribution is 2.10. The zero-order valence-corrected chi connectivity index (χ0v) is 10.1.